The van der Waals surface area contributed by atoms with Gasteiger partial charge in [0.05, 0.1) is 17.5 Å². The summed E-state index contributed by atoms with van der Waals surface area (Å²) >= 11 is 0. The number of nitrogen functional groups attached to an aromatic ring is 1. The fourth-order valence-electron chi connectivity index (χ4n) is 2.02. The molecule has 0 spiro atoms. The molecule has 0 aliphatic rings. The molecule has 6 heteroatoms. The highest BCUT2D eigenvalue weighted by Gasteiger charge is 2.15. The lowest BCUT2D eigenvalue weighted by molar-refractivity contribution is 0.103. The van der Waals surface area contributed by atoms with Crippen LogP contribution >= 0.6 is 0 Å². The van der Waals surface area contributed by atoms with Crippen molar-refractivity contribution in [3.8, 4) is 11.3 Å². The number of hydrogen-bond donors (Lipinski definition) is 1. The molecule has 0 bridgehead atoms. The van der Waals surface area contributed by atoms with Crippen molar-refractivity contribution in [3.63, 3.8) is 0 Å². The average molecular weight is 283 g/mol. The Bertz CT molecular complexity index is 819. The monoisotopic (exact) mass is 283 g/mol. The summed E-state index contributed by atoms with van der Waals surface area (Å²) < 4.78 is 1.69. The van der Waals surface area contributed by atoms with E-state index in [9.17, 15) is 4.79 Å². The standard InChI is InChI=1S/C15H13N5O.2H2/c1-20-9-10(8-18-20)12-5-2-6-13(19-12)14(21)11-4-3-7-17-15(11)16;;/h2-9H,1H3,(H2,16,17);2*1H. The molecule has 3 heterocycles. The van der Waals surface area contributed by atoms with Crippen molar-refractivity contribution in [2.45, 2.75) is 0 Å². The van der Waals surface area contributed by atoms with Crippen molar-refractivity contribution in [3.05, 3.63) is 60.2 Å². The number of pyridine rings is 2. The molecule has 6 nitrogen and oxygen atoms in total. The molecule has 0 atom stereocenters. The van der Waals surface area contributed by atoms with E-state index in [0.717, 1.165) is 5.56 Å². The van der Waals surface area contributed by atoms with E-state index in [2.05, 4.69) is 15.1 Å². The Morgan fingerprint density at radius 3 is 2.86 bits per heavy atom. The molecular weight excluding hydrogens is 266 g/mol. The van der Waals surface area contributed by atoms with Gasteiger partial charge in [-0.25, -0.2) is 9.97 Å². The molecule has 3 rings (SSSR count). The van der Waals surface area contributed by atoms with Crippen molar-refractivity contribution < 1.29 is 7.65 Å². The number of ketones is 1. The Labute approximate surface area is 124 Å². The van der Waals surface area contributed by atoms with Gasteiger partial charge in [0, 0.05) is 27.9 Å². The topological polar surface area (TPSA) is 86.7 Å². The van der Waals surface area contributed by atoms with E-state index in [-0.39, 0.29) is 14.5 Å². The van der Waals surface area contributed by atoms with Crippen LogP contribution in [0.25, 0.3) is 11.3 Å². The van der Waals surface area contributed by atoms with Crippen LogP contribution in [0.1, 0.15) is 18.9 Å². The van der Waals surface area contributed by atoms with E-state index in [4.69, 9.17) is 5.73 Å². The summed E-state index contributed by atoms with van der Waals surface area (Å²) in [5.41, 5.74) is 7.97. The summed E-state index contributed by atoms with van der Waals surface area (Å²) in [7, 11) is 1.83. The van der Waals surface area contributed by atoms with Gasteiger partial charge >= 0.3 is 0 Å². The van der Waals surface area contributed by atoms with Crippen LogP contribution in [0.5, 0.6) is 0 Å². The minimum atomic E-state index is -0.244. The summed E-state index contributed by atoms with van der Waals surface area (Å²) in [5, 5.41) is 4.10. The smallest absolute Gasteiger partial charge is 0.215 e. The van der Waals surface area contributed by atoms with Crippen molar-refractivity contribution in [1.29, 1.82) is 0 Å². The largest absolute Gasteiger partial charge is 0.383 e. The number of carbonyl (C=O) groups excluding carboxylic acids is 1. The van der Waals surface area contributed by atoms with Crippen molar-refractivity contribution in [2.24, 2.45) is 7.05 Å². The molecule has 21 heavy (non-hydrogen) atoms. The SMILES string of the molecule is Cn1cc(-c2cccc(C(=O)c3cccnc3N)n2)cn1.[HH].[HH]. The molecule has 108 valence electrons. The molecule has 0 fully saturated rings. The number of nitrogens with two attached hydrogens (primary N) is 1. The summed E-state index contributed by atoms with van der Waals surface area (Å²) in [6.07, 6.45) is 5.09. The van der Waals surface area contributed by atoms with Gasteiger partial charge in [-0.1, -0.05) is 6.07 Å². The van der Waals surface area contributed by atoms with Gasteiger partial charge in [-0.15, -0.1) is 0 Å². The van der Waals surface area contributed by atoms with Crippen LogP contribution in [0, 0.1) is 0 Å². The van der Waals surface area contributed by atoms with Gasteiger partial charge in [-0.2, -0.15) is 5.10 Å². The zero-order valence-electron chi connectivity index (χ0n) is 11.4. The number of rotatable bonds is 3. The third kappa shape index (κ3) is 2.51. The van der Waals surface area contributed by atoms with Crippen LogP contribution < -0.4 is 5.73 Å². The Kier molecular flexibility index (Phi) is 3.19. The molecule has 0 saturated heterocycles. The zero-order chi connectivity index (χ0) is 14.8. The number of aryl methyl sites for hydroxylation is 1. The lowest BCUT2D eigenvalue weighted by atomic mass is 10.1. The number of hydrogen-bond acceptors (Lipinski definition) is 5. The normalized spacial score (nSPS) is 10.5. The third-order valence-corrected chi connectivity index (χ3v) is 3.07. The molecule has 0 aliphatic heterocycles. The minimum Gasteiger partial charge on any atom is -0.383 e. The first kappa shape index (κ1) is 13.0. The molecule has 2 N–H and O–H groups in total. The highest BCUT2D eigenvalue weighted by Crippen LogP contribution is 2.18. The van der Waals surface area contributed by atoms with Crippen LogP contribution in [0.3, 0.4) is 0 Å². The first-order valence-corrected chi connectivity index (χ1v) is 6.36. The van der Waals surface area contributed by atoms with E-state index in [1.807, 2.05) is 19.3 Å². The molecule has 3 aromatic heterocycles. The molecule has 3 aromatic rings. The predicted octanol–water partition coefficient (Wildman–Crippen LogP) is 2.18. The highest BCUT2D eigenvalue weighted by molar-refractivity contribution is 6.10. The van der Waals surface area contributed by atoms with Gasteiger partial charge in [-0.3, -0.25) is 9.48 Å². The van der Waals surface area contributed by atoms with Crippen molar-refractivity contribution in [2.75, 3.05) is 5.73 Å². The summed E-state index contributed by atoms with van der Waals surface area (Å²) in [4.78, 5) is 20.8. The highest BCUT2D eigenvalue weighted by atomic mass is 16.1. The van der Waals surface area contributed by atoms with Crippen LogP contribution in [0.4, 0.5) is 5.82 Å². The van der Waals surface area contributed by atoms with Gasteiger partial charge in [0.1, 0.15) is 11.5 Å². The van der Waals surface area contributed by atoms with Gasteiger partial charge in [0.2, 0.25) is 5.78 Å². The number of carbonyl (C=O) groups is 1. The lowest BCUT2D eigenvalue weighted by Crippen LogP contribution is -2.08. The molecule has 0 amide bonds. The van der Waals surface area contributed by atoms with Crippen molar-refractivity contribution in [1.82, 2.24) is 19.7 Å². The number of aromatic nitrogens is 4. The Hall–Kier alpha value is -3.02. The molecule has 0 aliphatic carbocycles. The number of nitrogens with zero attached hydrogens (tertiary/aromatic N) is 4. The van der Waals surface area contributed by atoms with Gasteiger partial charge in [0.15, 0.2) is 0 Å². The van der Waals surface area contributed by atoms with Gasteiger partial charge in [0.25, 0.3) is 0 Å². The second-order valence-corrected chi connectivity index (χ2v) is 4.58. The van der Waals surface area contributed by atoms with Gasteiger partial charge < -0.3 is 5.73 Å². The molecule has 0 radical (unpaired) electrons. The Morgan fingerprint density at radius 1 is 1.29 bits per heavy atom. The second-order valence-electron chi connectivity index (χ2n) is 4.58. The third-order valence-electron chi connectivity index (χ3n) is 3.07. The Balaban J connectivity index is 0.00000132. The van der Waals surface area contributed by atoms with Crippen LogP contribution in [0.2, 0.25) is 0 Å². The van der Waals surface area contributed by atoms with Crippen molar-refractivity contribution >= 4 is 11.6 Å². The molecular formula is C15H17N5O. The maximum atomic E-state index is 12.5. The zero-order valence-corrected chi connectivity index (χ0v) is 11.4. The second kappa shape index (κ2) is 5.16. The summed E-state index contributed by atoms with van der Waals surface area (Å²) in [5.74, 6) is -0.0394. The molecule has 0 unspecified atom stereocenters. The average Bonchev–Trinajstić information content (AvgIpc) is 2.94. The first-order valence-electron chi connectivity index (χ1n) is 6.36. The van der Waals surface area contributed by atoms with E-state index in [0.29, 0.717) is 17.0 Å². The summed E-state index contributed by atoms with van der Waals surface area (Å²) in [6, 6.07) is 8.60. The summed E-state index contributed by atoms with van der Waals surface area (Å²) in [6.45, 7) is 0. The van der Waals surface area contributed by atoms with Gasteiger partial charge in [-0.05, 0) is 24.3 Å². The first-order chi connectivity index (χ1) is 10.1. The van der Waals surface area contributed by atoms with Crippen LogP contribution in [-0.2, 0) is 7.05 Å². The van der Waals surface area contributed by atoms with Crippen LogP contribution in [-0.4, -0.2) is 25.5 Å². The maximum absolute atomic E-state index is 12.5. The maximum Gasteiger partial charge on any atom is 0.215 e. The minimum absolute atomic E-state index is 0. The fraction of sp³-hybridized carbons (Fsp3) is 0.0667. The fourth-order valence-corrected chi connectivity index (χ4v) is 2.02. The van der Waals surface area contributed by atoms with Crippen LogP contribution in [0.15, 0.2) is 48.9 Å². The van der Waals surface area contributed by atoms with E-state index in [1.54, 1.807) is 41.3 Å². The predicted molar refractivity (Wildman–Crippen MR) is 82.7 cm³/mol. The Morgan fingerprint density at radius 2 is 2.14 bits per heavy atom. The van der Waals surface area contributed by atoms with E-state index < -0.39 is 0 Å². The van der Waals surface area contributed by atoms with E-state index in [1.165, 1.54) is 0 Å². The number of anilines is 1. The molecule has 0 saturated carbocycles. The lowest BCUT2D eigenvalue weighted by Gasteiger charge is -2.04. The quantitative estimate of drug-likeness (QED) is 0.744. The van der Waals surface area contributed by atoms with E-state index >= 15 is 0 Å². The molecule has 0 aromatic carbocycles.